The van der Waals surface area contributed by atoms with E-state index in [9.17, 15) is 0 Å². The molecule has 0 spiro atoms. The second-order valence-electron chi connectivity index (χ2n) is 4.48. The lowest BCUT2D eigenvalue weighted by molar-refractivity contribution is 0.288. The summed E-state index contributed by atoms with van der Waals surface area (Å²) in [5, 5.41) is 6.73. The monoisotopic (exact) mass is 235 g/mol. The van der Waals surface area contributed by atoms with Crippen LogP contribution < -0.4 is 21.1 Å². The fourth-order valence-electron chi connectivity index (χ4n) is 2.81. The van der Waals surface area contributed by atoms with Crippen LogP contribution in [0.5, 0.6) is 5.75 Å². The van der Waals surface area contributed by atoms with Crippen molar-refractivity contribution in [3.05, 3.63) is 23.8 Å². The summed E-state index contributed by atoms with van der Waals surface area (Å²) in [6, 6.07) is 6.02. The van der Waals surface area contributed by atoms with E-state index in [-0.39, 0.29) is 11.7 Å². The Balaban J connectivity index is 2.57. The van der Waals surface area contributed by atoms with Crippen molar-refractivity contribution in [1.82, 2.24) is 5.32 Å². The molecule has 1 unspecified atom stereocenters. The second-order valence-corrected chi connectivity index (χ2v) is 4.48. The number of likely N-dealkylation sites (N-methyl/N-ethyl adjacent to an activating group) is 1. The van der Waals surface area contributed by atoms with Crippen molar-refractivity contribution in [2.24, 2.45) is 5.73 Å². The third-order valence-corrected chi connectivity index (χ3v) is 3.62. The van der Waals surface area contributed by atoms with E-state index in [1.165, 1.54) is 0 Å². The normalized spacial score (nSPS) is 26.5. The fraction of sp³-hybridized carbons (Fsp3) is 0.538. The van der Waals surface area contributed by atoms with Gasteiger partial charge in [0, 0.05) is 11.3 Å². The Hall–Kier alpha value is -1.26. The average Bonchev–Trinajstić information content (AvgIpc) is 2.63. The molecule has 1 aromatic carbocycles. The molecule has 2 atom stereocenters. The Kier molecular flexibility index (Phi) is 3.26. The lowest BCUT2D eigenvalue weighted by atomic mass is 9.84. The molecule has 0 radical (unpaired) electrons. The number of benzene rings is 1. The molecule has 1 heterocycles. The van der Waals surface area contributed by atoms with Gasteiger partial charge in [-0.3, -0.25) is 0 Å². The molecule has 1 aliphatic rings. The highest BCUT2D eigenvalue weighted by atomic mass is 16.5. The Bertz CT molecular complexity index is 408. The van der Waals surface area contributed by atoms with Crippen molar-refractivity contribution < 1.29 is 4.74 Å². The lowest BCUT2D eigenvalue weighted by Crippen LogP contribution is -2.53. The third kappa shape index (κ3) is 1.68. The molecule has 0 saturated heterocycles. The SMILES string of the molecule is CCC[C@@]1(NC)c2c(cccc2OC)NC1N. The second kappa shape index (κ2) is 4.55. The molecule has 1 aliphatic heterocycles. The van der Waals surface area contributed by atoms with Crippen LogP contribution in [0.2, 0.25) is 0 Å². The van der Waals surface area contributed by atoms with E-state index < -0.39 is 0 Å². The van der Waals surface area contributed by atoms with Gasteiger partial charge in [-0.05, 0) is 25.6 Å². The summed E-state index contributed by atoms with van der Waals surface area (Å²) >= 11 is 0. The highest BCUT2D eigenvalue weighted by molar-refractivity contribution is 5.66. The number of hydrogen-bond acceptors (Lipinski definition) is 4. The summed E-state index contributed by atoms with van der Waals surface area (Å²) in [4.78, 5) is 0. The summed E-state index contributed by atoms with van der Waals surface area (Å²) < 4.78 is 5.47. The van der Waals surface area contributed by atoms with Crippen LogP contribution in [-0.4, -0.2) is 20.3 Å². The Morgan fingerprint density at radius 1 is 1.53 bits per heavy atom. The Morgan fingerprint density at radius 3 is 2.88 bits per heavy atom. The van der Waals surface area contributed by atoms with Crippen molar-refractivity contribution in [3.8, 4) is 5.75 Å². The molecule has 0 bridgehead atoms. The largest absolute Gasteiger partial charge is 0.496 e. The standard InChI is InChI=1S/C13H21N3O/c1-4-8-13(15-2)11-9(16-12(13)14)6-5-7-10(11)17-3/h5-7,12,15-16H,4,8,14H2,1-3H3/t12?,13-/m1/s1. The third-order valence-electron chi connectivity index (χ3n) is 3.62. The summed E-state index contributed by atoms with van der Waals surface area (Å²) in [5.41, 5.74) is 8.24. The average molecular weight is 235 g/mol. The molecule has 2 rings (SSSR count). The van der Waals surface area contributed by atoms with Crippen LogP contribution in [0.4, 0.5) is 5.69 Å². The number of nitrogens with one attached hydrogen (secondary N) is 2. The van der Waals surface area contributed by atoms with Crippen molar-refractivity contribution in [3.63, 3.8) is 0 Å². The molecular weight excluding hydrogens is 214 g/mol. The number of methoxy groups -OCH3 is 1. The van der Waals surface area contributed by atoms with Crippen molar-refractivity contribution in [2.45, 2.75) is 31.5 Å². The summed E-state index contributed by atoms with van der Waals surface area (Å²) in [5.74, 6) is 0.894. The summed E-state index contributed by atoms with van der Waals surface area (Å²) in [6.07, 6.45) is 1.91. The minimum absolute atomic E-state index is 0.126. The molecule has 94 valence electrons. The topological polar surface area (TPSA) is 59.3 Å². The molecule has 1 aromatic rings. The van der Waals surface area contributed by atoms with Crippen molar-refractivity contribution in [2.75, 3.05) is 19.5 Å². The summed E-state index contributed by atoms with van der Waals surface area (Å²) in [6.45, 7) is 2.17. The highest BCUT2D eigenvalue weighted by Crippen LogP contribution is 2.45. The molecule has 0 amide bonds. The zero-order valence-corrected chi connectivity index (χ0v) is 10.7. The maximum absolute atomic E-state index is 6.26. The van der Waals surface area contributed by atoms with Gasteiger partial charge in [0.05, 0.1) is 18.8 Å². The van der Waals surface area contributed by atoms with Crippen LogP contribution in [0.25, 0.3) is 0 Å². The quantitative estimate of drug-likeness (QED) is 0.742. The van der Waals surface area contributed by atoms with Gasteiger partial charge in [0.1, 0.15) is 5.75 Å². The van der Waals surface area contributed by atoms with Gasteiger partial charge < -0.3 is 21.1 Å². The fourth-order valence-corrected chi connectivity index (χ4v) is 2.81. The first-order valence-electron chi connectivity index (χ1n) is 6.08. The maximum atomic E-state index is 6.26. The number of rotatable bonds is 4. The van der Waals surface area contributed by atoms with Crippen LogP contribution in [-0.2, 0) is 5.54 Å². The smallest absolute Gasteiger partial charge is 0.126 e. The van der Waals surface area contributed by atoms with Gasteiger partial charge in [-0.2, -0.15) is 0 Å². The molecule has 0 saturated carbocycles. The first-order valence-corrected chi connectivity index (χ1v) is 6.08. The van der Waals surface area contributed by atoms with Crippen LogP contribution in [0.1, 0.15) is 25.3 Å². The number of anilines is 1. The number of fused-ring (bicyclic) bond motifs is 1. The number of hydrogen-bond donors (Lipinski definition) is 3. The van der Waals surface area contributed by atoms with Crippen LogP contribution in [0.3, 0.4) is 0 Å². The Labute approximate surface area is 103 Å². The number of ether oxygens (including phenoxy) is 1. The van der Waals surface area contributed by atoms with Crippen LogP contribution >= 0.6 is 0 Å². The zero-order chi connectivity index (χ0) is 12.5. The minimum atomic E-state index is -0.239. The van der Waals surface area contributed by atoms with E-state index in [1.807, 2.05) is 25.2 Å². The maximum Gasteiger partial charge on any atom is 0.126 e. The minimum Gasteiger partial charge on any atom is -0.496 e. The van der Waals surface area contributed by atoms with E-state index in [0.717, 1.165) is 29.8 Å². The lowest BCUT2D eigenvalue weighted by Gasteiger charge is -2.34. The van der Waals surface area contributed by atoms with E-state index >= 15 is 0 Å². The van der Waals surface area contributed by atoms with Gasteiger partial charge in [-0.15, -0.1) is 0 Å². The molecule has 0 fully saturated rings. The van der Waals surface area contributed by atoms with E-state index in [1.54, 1.807) is 7.11 Å². The van der Waals surface area contributed by atoms with Gasteiger partial charge in [0.25, 0.3) is 0 Å². The molecule has 4 nitrogen and oxygen atoms in total. The highest BCUT2D eigenvalue weighted by Gasteiger charge is 2.45. The predicted octanol–water partition coefficient (Wildman–Crippen LogP) is 1.62. The van der Waals surface area contributed by atoms with Crippen molar-refractivity contribution in [1.29, 1.82) is 0 Å². The molecule has 0 aliphatic carbocycles. The summed E-state index contributed by atoms with van der Waals surface area (Å²) in [7, 11) is 3.66. The van der Waals surface area contributed by atoms with Gasteiger partial charge in [-0.25, -0.2) is 0 Å². The first kappa shape index (κ1) is 12.2. The van der Waals surface area contributed by atoms with Gasteiger partial charge in [-0.1, -0.05) is 19.4 Å². The van der Waals surface area contributed by atoms with Gasteiger partial charge in [0.15, 0.2) is 0 Å². The van der Waals surface area contributed by atoms with E-state index in [4.69, 9.17) is 10.5 Å². The Morgan fingerprint density at radius 2 is 2.29 bits per heavy atom. The zero-order valence-electron chi connectivity index (χ0n) is 10.7. The molecule has 0 aromatic heterocycles. The van der Waals surface area contributed by atoms with Gasteiger partial charge in [0.2, 0.25) is 0 Å². The molecule has 17 heavy (non-hydrogen) atoms. The van der Waals surface area contributed by atoms with E-state index in [0.29, 0.717) is 0 Å². The van der Waals surface area contributed by atoms with Crippen molar-refractivity contribution >= 4 is 5.69 Å². The van der Waals surface area contributed by atoms with E-state index in [2.05, 4.69) is 17.6 Å². The molecule has 4 N–H and O–H groups in total. The molecular formula is C13H21N3O. The van der Waals surface area contributed by atoms with Gasteiger partial charge >= 0.3 is 0 Å². The number of nitrogens with two attached hydrogens (primary N) is 1. The molecule has 4 heteroatoms. The predicted molar refractivity (Wildman–Crippen MR) is 70.2 cm³/mol. The van der Waals surface area contributed by atoms with Crippen LogP contribution in [0, 0.1) is 0 Å². The van der Waals surface area contributed by atoms with Crippen LogP contribution in [0.15, 0.2) is 18.2 Å². The first-order chi connectivity index (χ1) is 8.19.